The summed E-state index contributed by atoms with van der Waals surface area (Å²) in [7, 11) is 0. The zero-order valence-electron chi connectivity index (χ0n) is 4.81. The molecule has 0 bridgehead atoms. The Bertz CT molecular complexity index is 68.3. The Kier molecular flexibility index (Phi) is 10.0. The first kappa shape index (κ1) is 11.1. The Balaban J connectivity index is 0. The molecular formula is C3H7N2NaO2. The van der Waals surface area contributed by atoms with Gasteiger partial charge in [0.15, 0.2) is 0 Å². The van der Waals surface area contributed by atoms with E-state index < -0.39 is 6.09 Å². The summed E-state index contributed by atoms with van der Waals surface area (Å²) in [6.45, 7) is 0.580. The summed E-state index contributed by atoms with van der Waals surface area (Å²) in [5, 5.41) is 11.5. The Labute approximate surface area is 69.7 Å². The molecule has 0 fully saturated rings. The molecule has 5 heteroatoms. The van der Waals surface area contributed by atoms with Crippen LogP contribution in [0.1, 0.15) is 0 Å². The molecular weight excluding hydrogens is 119 g/mol. The van der Waals surface area contributed by atoms with Crippen molar-refractivity contribution in [1.82, 2.24) is 5.32 Å². The summed E-state index contributed by atoms with van der Waals surface area (Å²) in [5.74, 6) is 0. The van der Waals surface area contributed by atoms with Crippen LogP contribution in [0, 0.1) is 0 Å². The van der Waals surface area contributed by atoms with Crippen LogP contribution in [0.25, 0.3) is 0 Å². The molecule has 0 aliphatic carbocycles. The van der Waals surface area contributed by atoms with E-state index >= 15 is 0 Å². The molecule has 4 nitrogen and oxygen atoms in total. The Morgan fingerprint density at radius 3 is 2.38 bits per heavy atom. The quantitative estimate of drug-likeness (QED) is 0.363. The molecule has 0 unspecified atom stereocenters. The van der Waals surface area contributed by atoms with Crippen molar-refractivity contribution in [3.05, 3.63) is 0 Å². The zero-order valence-corrected chi connectivity index (χ0v) is 6.81. The number of rotatable bonds is 2. The molecule has 1 amide bonds. The maximum absolute atomic E-state index is 9.48. The van der Waals surface area contributed by atoms with E-state index in [2.05, 4.69) is 0 Å². The second-order valence-electron chi connectivity index (χ2n) is 1.00. The minimum absolute atomic E-state index is 0. The maximum atomic E-state index is 9.48. The largest absolute Gasteiger partial charge is 1.00 e. The van der Waals surface area contributed by atoms with Crippen LogP contribution in [-0.2, 0) is 0 Å². The van der Waals surface area contributed by atoms with Gasteiger partial charge in [0.1, 0.15) is 6.09 Å². The van der Waals surface area contributed by atoms with Crippen molar-refractivity contribution in [1.29, 1.82) is 0 Å². The normalized spacial score (nSPS) is 7.12. The number of hydrogen-bond acceptors (Lipinski definition) is 3. The van der Waals surface area contributed by atoms with Crippen LogP contribution in [0.15, 0.2) is 0 Å². The number of carbonyl (C=O) groups is 1. The fourth-order valence-corrected chi connectivity index (χ4v) is 0.174. The Morgan fingerprint density at radius 2 is 2.25 bits per heavy atom. The van der Waals surface area contributed by atoms with Gasteiger partial charge < -0.3 is 21.0 Å². The second kappa shape index (κ2) is 7.23. The molecule has 0 saturated carbocycles. The molecule has 0 aromatic rings. The summed E-state index contributed by atoms with van der Waals surface area (Å²) in [6.07, 6.45) is -1.27. The fourth-order valence-electron chi connectivity index (χ4n) is 0.174. The van der Waals surface area contributed by atoms with Gasteiger partial charge in [0.05, 0.1) is 0 Å². The number of nitrogens with one attached hydrogen (secondary N) is 1. The van der Waals surface area contributed by atoms with E-state index in [1.807, 2.05) is 5.32 Å². The smallest absolute Gasteiger partial charge is 0.530 e. The molecule has 0 rings (SSSR count). The van der Waals surface area contributed by atoms with E-state index in [-0.39, 0.29) is 36.1 Å². The standard InChI is InChI=1S/C3H8N2O2.Na/c4-1-2-5-3(6)7;/h5H,1-2,4H2,(H,6,7);/q;+1/p-1. The van der Waals surface area contributed by atoms with E-state index in [1.165, 1.54) is 0 Å². The minimum Gasteiger partial charge on any atom is -0.530 e. The van der Waals surface area contributed by atoms with Crippen LogP contribution >= 0.6 is 0 Å². The van der Waals surface area contributed by atoms with E-state index in [4.69, 9.17) is 5.73 Å². The van der Waals surface area contributed by atoms with Crippen LogP contribution in [0.2, 0.25) is 0 Å². The third kappa shape index (κ3) is 9.52. The van der Waals surface area contributed by atoms with Crippen molar-refractivity contribution in [3.8, 4) is 0 Å². The van der Waals surface area contributed by atoms with Crippen LogP contribution in [0.3, 0.4) is 0 Å². The number of carbonyl (C=O) groups excluding carboxylic acids is 1. The average Bonchev–Trinajstić information content (AvgIpc) is 1.61. The van der Waals surface area contributed by atoms with E-state index in [9.17, 15) is 9.90 Å². The van der Waals surface area contributed by atoms with Gasteiger partial charge in [-0.3, -0.25) is 0 Å². The monoisotopic (exact) mass is 126 g/mol. The van der Waals surface area contributed by atoms with Gasteiger partial charge in [0.25, 0.3) is 0 Å². The van der Waals surface area contributed by atoms with Crippen LogP contribution in [0.5, 0.6) is 0 Å². The summed E-state index contributed by atoms with van der Waals surface area (Å²) >= 11 is 0. The molecule has 0 saturated heterocycles. The predicted molar refractivity (Wildman–Crippen MR) is 22.5 cm³/mol. The van der Waals surface area contributed by atoms with Crippen molar-refractivity contribution in [2.75, 3.05) is 13.1 Å². The molecule has 0 atom stereocenters. The van der Waals surface area contributed by atoms with Gasteiger partial charge in [-0.1, -0.05) is 0 Å². The molecule has 0 aliphatic rings. The van der Waals surface area contributed by atoms with Gasteiger partial charge in [-0.05, 0) is 0 Å². The SMILES string of the molecule is NCCNC(=O)[O-].[Na+]. The van der Waals surface area contributed by atoms with E-state index in [1.54, 1.807) is 0 Å². The van der Waals surface area contributed by atoms with Gasteiger partial charge in [0.2, 0.25) is 0 Å². The molecule has 0 aromatic heterocycles. The van der Waals surface area contributed by atoms with Gasteiger partial charge in [-0.2, -0.15) is 0 Å². The molecule has 0 spiro atoms. The molecule has 0 aliphatic heterocycles. The van der Waals surface area contributed by atoms with Crippen LogP contribution < -0.4 is 45.7 Å². The average molecular weight is 126 g/mol. The van der Waals surface area contributed by atoms with Crippen molar-refractivity contribution < 1.29 is 39.5 Å². The zero-order chi connectivity index (χ0) is 5.70. The molecule has 42 valence electrons. The van der Waals surface area contributed by atoms with Crippen molar-refractivity contribution in [2.24, 2.45) is 5.73 Å². The Hall–Kier alpha value is 0.230. The first-order chi connectivity index (χ1) is 3.27. The molecule has 0 aromatic carbocycles. The van der Waals surface area contributed by atoms with E-state index in [0.29, 0.717) is 6.54 Å². The predicted octanol–water partition coefficient (Wildman–Crippen LogP) is -5.12. The van der Waals surface area contributed by atoms with Crippen LogP contribution in [-0.4, -0.2) is 19.2 Å². The second-order valence-corrected chi connectivity index (χ2v) is 1.00. The number of amides is 1. The first-order valence-electron chi connectivity index (χ1n) is 1.92. The molecule has 0 radical (unpaired) electrons. The van der Waals surface area contributed by atoms with Gasteiger partial charge >= 0.3 is 29.6 Å². The van der Waals surface area contributed by atoms with E-state index in [0.717, 1.165) is 0 Å². The van der Waals surface area contributed by atoms with Crippen molar-refractivity contribution in [3.63, 3.8) is 0 Å². The maximum Gasteiger partial charge on any atom is 1.00 e. The number of hydrogen-bond donors (Lipinski definition) is 2. The fraction of sp³-hybridized carbons (Fsp3) is 0.667. The number of nitrogens with two attached hydrogens (primary N) is 1. The summed E-state index contributed by atoms with van der Waals surface area (Å²) in [6, 6.07) is 0. The number of carboxylic acid groups (broad SMARTS) is 1. The van der Waals surface area contributed by atoms with Crippen LogP contribution in [0.4, 0.5) is 4.79 Å². The van der Waals surface area contributed by atoms with Crippen molar-refractivity contribution in [2.45, 2.75) is 0 Å². The Morgan fingerprint density at radius 1 is 1.75 bits per heavy atom. The molecule has 3 N–H and O–H groups in total. The first-order valence-corrected chi connectivity index (χ1v) is 1.92. The van der Waals surface area contributed by atoms with Gasteiger partial charge in [0, 0.05) is 13.1 Å². The minimum atomic E-state index is -1.27. The molecule has 8 heavy (non-hydrogen) atoms. The van der Waals surface area contributed by atoms with Gasteiger partial charge in [-0.25, -0.2) is 0 Å². The third-order valence-electron chi connectivity index (χ3n) is 0.414. The topological polar surface area (TPSA) is 78.2 Å². The summed E-state index contributed by atoms with van der Waals surface area (Å²) in [5.41, 5.74) is 4.92. The van der Waals surface area contributed by atoms with Gasteiger partial charge in [-0.15, -0.1) is 0 Å². The van der Waals surface area contributed by atoms with Crippen molar-refractivity contribution >= 4 is 6.09 Å². The molecule has 0 heterocycles. The summed E-state index contributed by atoms with van der Waals surface area (Å²) in [4.78, 5) is 9.48. The third-order valence-corrected chi connectivity index (χ3v) is 0.414. The summed E-state index contributed by atoms with van der Waals surface area (Å²) < 4.78 is 0.